The fraction of sp³-hybridized carbons (Fsp3) is 0.120. The number of nitrogens with zero attached hydrogens (tertiary/aromatic N) is 1. The van der Waals surface area contributed by atoms with E-state index in [1.54, 1.807) is 54.6 Å². The maximum Gasteiger partial charge on any atom is 0.330 e. The van der Waals surface area contributed by atoms with Crippen LogP contribution in [0.15, 0.2) is 78.9 Å². The highest BCUT2D eigenvalue weighted by Gasteiger charge is 2.43. The van der Waals surface area contributed by atoms with Crippen LogP contribution in [0.25, 0.3) is 0 Å². The number of benzene rings is 3. The number of ketones is 1. The predicted molar refractivity (Wildman–Crippen MR) is 114 cm³/mol. The summed E-state index contributed by atoms with van der Waals surface area (Å²) in [5.41, 5.74) is 1.41. The molecule has 0 fully saturated rings. The molecule has 0 saturated heterocycles. The number of phenolic OH excluding ortho intramolecular Hbond substituents is 1. The summed E-state index contributed by atoms with van der Waals surface area (Å²) >= 11 is 0. The lowest BCUT2D eigenvalue weighted by molar-refractivity contribution is -0.147. The van der Waals surface area contributed by atoms with E-state index in [4.69, 9.17) is 4.74 Å². The van der Waals surface area contributed by atoms with Crippen LogP contribution in [-0.2, 0) is 16.0 Å². The first-order chi connectivity index (χ1) is 15.5. The molecule has 1 heterocycles. The molecule has 4 rings (SSSR count). The molecule has 0 unspecified atom stereocenters. The van der Waals surface area contributed by atoms with Crippen LogP contribution in [0.1, 0.15) is 36.6 Å². The standard InChI is InChI=1S/C25H19NO6/c27-18-12-10-16(11-13-18)14-21(25(31)32-15-22(28)17-6-2-1-3-7-17)26-23(29)19-8-4-5-9-20(19)24(26)30/h1-13,21,27H,14-15H2/t21-/m1/s1. The highest BCUT2D eigenvalue weighted by Crippen LogP contribution is 2.27. The van der Waals surface area contributed by atoms with Crippen LogP contribution in [0.5, 0.6) is 5.75 Å². The van der Waals surface area contributed by atoms with Crippen molar-refractivity contribution >= 4 is 23.6 Å². The van der Waals surface area contributed by atoms with Gasteiger partial charge in [-0.3, -0.25) is 19.3 Å². The van der Waals surface area contributed by atoms with Crippen molar-refractivity contribution in [1.82, 2.24) is 4.90 Å². The first-order valence-corrected chi connectivity index (χ1v) is 9.95. The molecule has 1 atom stereocenters. The zero-order valence-corrected chi connectivity index (χ0v) is 16.9. The van der Waals surface area contributed by atoms with Crippen molar-refractivity contribution in [3.63, 3.8) is 0 Å². The number of hydrogen-bond donors (Lipinski definition) is 1. The second kappa shape index (κ2) is 8.85. The summed E-state index contributed by atoms with van der Waals surface area (Å²) in [5, 5.41) is 9.52. The zero-order valence-electron chi connectivity index (χ0n) is 16.9. The van der Waals surface area contributed by atoms with Crippen molar-refractivity contribution in [3.05, 3.63) is 101 Å². The Bertz CT molecular complexity index is 1150. The molecule has 1 aliphatic heterocycles. The van der Waals surface area contributed by atoms with Crippen LogP contribution in [0, 0.1) is 0 Å². The van der Waals surface area contributed by atoms with E-state index in [2.05, 4.69) is 0 Å². The van der Waals surface area contributed by atoms with Crippen molar-refractivity contribution in [2.24, 2.45) is 0 Å². The minimum Gasteiger partial charge on any atom is -0.508 e. The molecule has 0 radical (unpaired) electrons. The van der Waals surface area contributed by atoms with Crippen LogP contribution < -0.4 is 0 Å². The average molecular weight is 429 g/mol. The molecule has 0 aromatic heterocycles. The fourth-order valence-electron chi connectivity index (χ4n) is 3.57. The highest BCUT2D eigenvalue weighted by atomic mass is 16.5. The van der Waals surface area contributed by atoms with Gasteiger partial charge in [0.1, 0.15) is 11.8 Å². The summed E-state index contributed by atoms with van der Waals surface area (Å²) in [6.45, 7) is -0.516. The number of fused-ring (bicyclic) bond motifs is 1. The van der Waals surface area contributed by atoms with Crippen molar-refractivity contribution in [2.45, 2.75) is 12.5 Å². The van der Waals surface area contributed by atoms with E-state index in [9.17, 15) is 24.3 Å². The van der Waals surface area contributed by atoms with Crippen LogP contribution in [0.3, 0.4) is 0 Å². The van der Waals surface area contributed by atoms with Gasteiger partial charge in [-0.15, -0.1) is 0 Å². The molecule has 3 aromatic rings. The Morgan fingerprint density at radius 1 is 0.812 bits per heavy atom. The Hall–Kier alpha value is -4.26. The topological polar surface area (TPSA) is 101 Å². The van der Waals surface area contributed by atoms with Crippen LogP contribution in [0.4, 0.5) is 0 Å². The molecule has 0 saturated carbocycles. The number of carbonyl (C=O) groups is 4. The molecule has 3 aromatic carbocycles. The van der Waals surface area contributed by atoms with Gasteiger partial charge in [-0.25, -0.2) is 4.79 Å². The number of hydrogen-bond acceptors (Lipinski definition) is 6. The van der Waals surface area contributed by atoms with Gasteiger partial charge < -0.3 is 9.84 Å². The Kier molecular flexibility index (Phi) is 5.81. The number of aromatic hydroxyl groups is 1. The van der Waals surface area contributed by atoms with E-state index in [0.717, 1.165) is 4.90 Å². The van der Waals surface area contributed by atoms with Gasteiger partial charge in [-0.05, 0) is 29.8 Å². The lowest BCUT2D eigenvalue weighted by Gasteiger charge is -2.24. The number of amides is 2. The van der Waals surface area contributed by atoms with E-state index in [-0.39, 0.29) is 23.3 Å². The number of Topliss-reactive ketones (excluding diaryl/α,β-unsaturated/α-hetero) is 1. The average Bonchev–Trinajstić information content (AvgIpc) is 3.07. The summed E-state index contributed by atoms with van der Waals surface area (Å²) in [7, 11) is 0. The molecule has 7 nitrogen and oxygen atoms in total. The monoisotopic (exact) mass is 429 g/mol. The number of phenols is 1. The van der Waals surface area contributed by atoms with E-state index >= 15 is 0 Å². The zero-order chi connectivity index (χ0) is 22.7. The van der Waals surface area contributed by atoms with Crippen molar-refractivity contribution < 1.29 is 29.0 Å². The first kappa shape index (κ1) is 21.0. The first-order valence-electron chi connectivity index (χ1n) is 9.95. The van der Waals surface area contributed by atoms with Crippen LogP contribution in [-0.4, -0.2) is 46.2 Å². The molecule has 0 bridgehead atoms. The maximum absolute atomic E-state index is 13.0. The molecule has 1 N–H and O–H groups in total. The molecule has 7 heteroatoms. The molecule has 1 aliphatic rings. The van der Waals surface area contributed by atoms with Gasteiger partial charge in [0.25, 0.3) is 11.8 Å². The third-order valence-corrected chi connectivity index (χ3v) is 5.22. The lowest BCUT2D eigenvalue weighted by Crippen LogP contribution is -2.47. The summed E-state index contributed by atoms with van der Waals surface area (Å²) in [6.07, 6.45) is -0.0237. The summed E-state index contributed by atoms with van der Waals surface area (Å²) < 4.78 is 5.24. The molecular weight excluding hydrogens is 410 g/mol. The van der Waals surface area contributed by atoms with Gasteiger partial charge in [0.05, 0.1) is 11.1 Å². The molecule has 160 valence electrons. The van der Waals surface area contributed by atoms with Crippen LogP contribution >= 0.6 is 0 Å². The van der Waals surface area contributed by atoms with E-state index < -0.39 is 36.2 Å². The normalized spacial score (nSPS) is 13.6. The predicted octanol–water partition coefficient (Wildman–Crippen LogP) is 3.03. The number of carbonyl (C=O) groups excluding carboxylic acids is 4. The molecule has 0 aliphatic carbocycles. The smallest absolute Gasteiger partial charge is 0.330 e. The van der Waals surface area contributed by atoms with Gasteiger partial charge >= 0.3 is 5.97 Å². The van der Waals surface area contributed by atoms with Gasteiger partial charge in [-0.1, -0.05) is 54.6 Å². The summed E-state index contributed by atoms with van der Waals surface area (Å²) in [5.74, 6) is -2.41. The fourth-order valence-corrected chi connectivity index (χ4v) is 3.57. The quantitative estimate of drug-likeness (QED) is 0.352. The Labute approximate surface area is 183 Å². The SMILES string of the molecule is O=C(COC(=O)[C@@H](Cc1ccc(O)cc1)N1C(=O)c2ccccc2C1=O)c1ccccc1. The third kappa shape index (κ3) is 4.13. The third-order valence-electron chi connectivity index (χ3n) is 5.22. The molecule has 2 amide bonds. The van der Waals surface area contributed by atoms with Crippen molar-refractivity contribution in [3.8, 4) is 5.75 Å². The number of esters is 1. The van der Waals surface area contributed by atoms with E-state index in [0.29, 0.717) is 11.1 Å². The van der Waals surface area contributed by atoms with Gasteiger partial charge in [0.15, 0.2) is 12.4 Å². The summed E-state index contributed by atoms with van der Waals surface area (Å²) in [6, 6.07) is 19.5. The highest BCUT2D eigenvalue weighted by molar-refractivity contribution is 6.22. The number of ether oxygens (including phenoxy) is 1. The number of imide groups is 1. The van der Waals surface area contributed by atoms with Crippen LogP contribution in [0.2, 0.25) is 0 Å². The molecular formula is C25H19NO6. The van der Waals surface area contributed by atoms with Crippen molar-refractivity contribution in [1.29, 1.82) is 0 Å². The lowest BCUT2D eigenvalue weighted by atomic mass is 10.0. The molecule has 32 heavy (non-hydrogen) atoms. The van der Waals surface area contributed by atoms with E-state index in [1.165, 1.54) is 24.3 Å². The Morgan fingerprint density at radius 2 is 1.38 bits per heavy atom. The van der Waals surface area contributed by atoms with Gasteiger partial charge in [-0.2, -0.15) is 0 Å². The minimum atomic E-state index is -1.27. The maximum atomic E-state index is 13.0. The van der Waals surface area contributed by atoms with Gasteiger partial charge in [0.2, 0.25) is 0 Å². The van der Waals surface area contributed by atoms with E-state index in [1.807, 2.05) is 0 Å². The Balaban J connectivity index is 1.58. The van der Waals surface area contributed by atoms with Gasteiger partial charge in [0, 0.05) is 12.0 Å². The summed E-state index contributed by atoms with van der Waals surface area (Å²) in [4.78, 5) is 52.1. The molecule has 0 spiro atoms. The minimum absolute atomic E-state index is 0.0237. The Morgan fingerprint density at radius 3 is 1.97 bits per heavy atom. The second-order valence-electron chi connectivity index (χ2n) is 7.31. The largest absolute Gasteiger partial charge is 0.508 e. The number of rotatable bonds is 7. The second-order valence-corrected chi connectivity index (χ2v) is 7.31. The van der Waals surface area contributed by atoms with Crippen molar-refractivity contribution in [2.75, 3.05) is 6.61 Å².